The molecule has 2 nitrogen and oxygen atoms in total. The third-order valence-corrected chi connectivity index (χ3v) is 5.08. The molecule has 23 heavy (non-hydrogen) atoms. The first-order chi connectivity index (χ1) is 11.1. The van der Waals surface area contributed by atoms with Crippen molar-refractivity contribution in [1.82, 2.24) is 0 Å². The lowest BCUT2D eigenvalue weighted by Gasteiger charge is -2.03. The van der Waals surface area contributed by atoms with Gasteiger partial charge in [0.15, 0.2) is 11.6 Å². The molecular formula is C19H18I2O2. The minimum absolute atomic E-state index is 0.186. The molecule has 2 aromatic rings. The summed E-state index contributed by atoms with van der Waals surface area (Å²) in [6.45, 7) is 0. The summed E-state index contributed by atoms with van der Waals surface area (Å²) < 4.78 is 2.27. The van der Waals surface area contributed by atoms with E-state index in [2.05, 4.69) is 45.2 Å². The van der Waals surface area contributed by atoms with Crippen molar-refractivity contribution in [3.05, 3.63) is 66.8 Å². The molecule has 2 aromatic carbocycles. The highest BCUT2D eigenvalue weighted by Gasteiger charge is 2.07. The van der Waals surface area contributed by atoms with E-state index in [9.17, 15) is 9.59 Å². The number of unbranched alkanes of at least 4 members (excludes halogenated alkanes) is 2. The lowest BCUT2D eigenvalue weighted by atomic mass is 10.0. The topological polar surface area (TPSA) is 34.1 Å². The molecule has 0 heterocycles. The first-order valence-electron chi connectivity index (χ1n) is 7.64. The Morgan fingerprint density at radius 2 is 0.957 bits per heavy atom. The van der Waals surface area contributed by atoms with Crippen LogP contribution in [0.5, 0.6) is 0 Å². The Morgan fingerprint density at radius 3 is 1.30 bits per heavy atom. The maximum absolute atomic E-state index is 12.0. The number of hydrogen-bond acceptors (Lipinski definition) is 2. The SMILES string of the molecule is O=C(CCCCCC(=O)c1ccc(I)cc1)c1ccc(I)cc1. The van der Waals surface area contributed by atoms with Crippen molar-refractivity contribution in [3.63, 3.8) is 0 Å². The molecule has 0 aromatic heterocycles. The fraction of sp³-hybridized carbons (Fsp3) is 0.263. The van der Waals surface area contributed by atoms with Gasteiger partial charge >= 0.3 is 0 Å². The Morgan fingerprint density at radius 1 is 0.609 bits per heavy atom. The Labute approximate surface area is 164 Å². The Bertz CT molecular complexity index is 601. The van der Waals surface area contributed by atoms with Crippen molar-refractivity contribution >= 4 is 56.7 Å². The van der Waals surface area contributed by atoms with Crippen LogP contribution in [0, 0.1) is 7.14 Å². The number of ketones is 2. The van der Waals surface area contributed by atoms with E-state index in [0.29, 0.717) is 12.8 Å². The van der Waals surface area contributed by atoms with Crippen molar-refractivity contribution in [3.8, 4) is 0 Å². The first kappa shape index (κ1) is 18.6. The van der Waals surface area contributed by atoms with Gasteiger partial charge in [-0.15, -0.1) is 0 Å². The number of carbonyl (C=O) groups excluding carboxylic acids is 2. The highest BCUT2D eigenvalue weighted by atomic mass is 127. The van der Waals surface area contributed by atoms with Gasteiger partial charge in [0, 0.05) is 31.1 Å². The molecule has 0 aliphatic heterocycles. The monoisotopic (exact) mass is 532 g/mol. The molecule has 0 saturated heterocycles. The second-order valence-corrected chi connectivity index (χ2v) is 7.91. The summed E-state index contributed by atoms with van der Waals surface area (Å²) in [6.07, 6.45) is 3.69. The van der Waals surface area contributed by atoms with Gasteiger partial charge in [0.1, 0.15) is 0 Å². The molecule has 0 spiro atoms. The standard InChI is InChI=1S/C19H18I2O2/c20-16-10-6-14(7-11-16)18(22)4-2-1-3-5-19(23)15-8-12-17(21)13-9-15/h6-13H,1-5H2. The molecule has 120 valence electrons. The molecule has 4 heteroatoms. The van der Waals surface area contributed by atoms with Crippen LogP contribution in [0.4, 0.5) is 0 Å². The van der Waals surface area contributed by atoms with E-state index >= 15 is 0 Å². The van der Waals surface area contributed by atoms with Crippen LogP contribution in [0.15, 0.2) is 48.5 Å². The molecule has 0 unspecified atom stereocenters. The summed E-state index contributed by atoms with van der Waals surface area (Å²) in [6, 6.07) is 15.3. The highest BCUT2D eigenvalue weighted by Crippen LogP contribution is 2.14. The number of benzene rings is 2. The van der Waals surface area contributed by atoms with Gasteiger partial charge in [-0.1, -0.05) is 30.7 Å². The predicted molar refractivity (Wildman–Crippen MR) is 110 cm³/mol. The zero-order valence-corrected chi connectivity index (χ0v) is 17.0. The van der Waals surface area contributed by atoms with Crippen LogP contribution in [0.2, 0.25) is 0 Å². The van der Waals surface area contributed by atoms with E-state index in [1.165, 1.54) is 0 Å². The average molecular weight is 532 g/mol. The van der Waals surface area contributed by atoms with E-state index in [1.807, 2.05) is 48.5 Å². The van der Waals surface area contributed by atoms with Gasteiger partial charge in [0.2, 0.25) is 0 Å². The predicted octanol–water partition coefficient (Wildman–Crippen LogP) is 5.91. The van der Waals surface area contributed by atoms with Crippen molar-refractivity contribution in [2.45, 2.75) is 32.1 Å². The molecule has 0 N–H and O–H groups in total. The van der Waals surface area contributed by atoms with Gasteiger partial charge in [-0.25, -0.2) is 0 Å². The van der Waals surface area contributed by atoms with Crippen LogP contribution in [0.3, 0.4) is 0 Å². The largest absolute Gasteiger partial charge is 0.294 e. The van der Waals surface area contributed by atoms with Crippen LogP contribution < -0.4 is 0 Å². The summed E-state index contributed by atoms with van der Waals surface area (Å²) in [7, 11) is 0. The Balaban J connectivity index is 1.67. The molecule has 0 saturated carbocycles. The number of rotatable bonds is 8. The summed E-state index contributed by atoms with van der Waals surface area (Å²) in [5.74, 6) is 0.371. The second-order valence-electron chi connectivity index (χ2n) is 5.42. The quantitative estimate of drug-likeness (QED) is 0.241. The van der Waals surface area contributed by atoms with E-state index in [0.717, 1.165) is 37.5 Å². The van der Waals surface area contributed by atoms with Crippen molar-refractivity contribution in [1.29, 1.82) is 0 Å². The van der Waals surface area contributed by atoms with Crippen LogP contribution in [-0.2, 0) is 0 Å². The molecular weight excluding hydrogens is 514 g/mol. The maximum atomic E-state index is 12.0. The highest BCUT2D eigenvalue weighted by molar-refractivity contribution is 14.1. The summed E-state index contributed by atoms with van der Waals surface area (Å²) in [5.41, 5.74) is 1.56. The zero-order chi connectivity index (χ0) is 16.7. The molecule has 0 amide bonds. The van der Waals surface area contributed by atoms with E-state index in [1.54, 1.807) is 0 Å². The zero-order valence-electron chi connectivity index (χ0n) is 12.7. The van der Waals surface area contributed by atoms with E-state index < -0.39 is 0 Å². The van der Waals surface area contributed by atoms with Crippen molar-refractivity contribution in [2.75, 3.05) is 0 Å². The van der Waals surface area contributed by atoms with Gasteiger partial charge in [-0.3, -0.25) is 9.59 Å². The summed E-state index contributed by atoms with van der Waals surface area (Å²) in [4.78, 5) is 24.1. The Kier molecular flexibility index (Phi) is 7.69. The molecule has 0 radical (unpaired) electrons. The number of Topliss-reactive ketones (excluding diaryl/α,β-unsaturated/α-hetero) is 2. The Hall–Kier alpha value is -0.760. The lowest BCUT2D eigenvalue weighted by molar-refractivity contribution is 0.0978. The third kappa shape index (κ3) is 6.33. The third-order valence-electron chi connectivity index (χ3n) is 3.64. The lowest BCUT2D eigenvalue weighted by Crippen LogP contribution is -2.01. The number of hydrogen-bond donors (Lipinski definition) is 0. The van der Waals surface area contributed by atoms with Crippen LogP contribution in [0.25, 0.3) is 0 Å². The van der Waals surface area contributed by atoms with Gasteiger partial charge in [-0.2, -0.15) is 0 Å². The maximum Gasteiger partial charge on any atom is 0.162 e. The molecule has 0 atom stereocenters. The van der Waals surface area contributed by atoms with Gasteiger partial charge in [0.25, 0.3) is 0 Å². The molecule has 0 aliphatic carbocycles. The van der Waals surface area contributed by atoms with E-state index in [-0.39, 0.29) is 11.6 Å². The number of halogens is 2. The fourth-order valence-electron chi connectivity index (χ4n) is 2.31. The van der Waals surface area contributed by atoms with Gasteiger partial charge < -0.3 is 0 Å². The molecule has 0 fully saturated rings. The van der Waals surface area contributed by atoms with Gasteiger partial charge in [-0.05, 0) is 82.3 Å². The van der Waals surface area contributed by atoms with Crippen molar-refractivity contribution < 1.29 is 9.59 Å². The average Bonchev–Trinajstić information content (AvgIpc) is 2.55. The summed E-state index contributed by atoms with van der Waals surface area (Å²) >= 11 is 4.46. The van der Waals surface area contributed by atoms with Crippen molar-refractivity contribution in [2.24, 2.45) is 0 Å². The fourth-order valence-corrected chi connectivity index (χ4v) is 3.03. The molecule has 0 bridgehead atoms. The summed E-state index contributed by atoms with van der Waals surface area (Å²) in [5, 5.41) is 0. The molecule has 2 rings (SSSR count). The first-order valence-corrected chi connectivity index (χ1v) is 9.79. The number of carbonyl (C=O) groups is 2. The normalized spacial score (nSPS) is 10.5. The smallest absolute Gasteiger partial charge is 0.162 e. The minimum atomic E-state index is 0.186. The minimum Gasteiger partial charge on any atom is -0.294 e. The van der Waals surface area contributed by atoms with Crippen LogP contribution in [-0.4, -0.2) is 11.6 Å². The van der Waals surface area contributed by atoms with Crippen LogP contribution in [0.1, 0.15) is 52.8 Å². The van der Waals surface area contributed by atoms with E-state index in [4.69, 9.17) is 0 Å². The van der Waals surface area contributed by atoms with Gasteiger partial charge in [0.05, 0.1) is 0 Å². The second kappa shape index (κ2) is 9.52. The molecule has 0 aliphatic rings. The van der Waals surface area contributed by atoms with Crippen LogP contribution >= 0.6 is 45.2 Å².